The van der Waals surface area contributed by atoms with Crippen molar-refractivity contribution < 1.29 is 9.53 Å². The normalized spacial score (nSPS) is 14.0. The van der Waals surface area contributed by atoms with Gasteiger partial charge in [-0.2, -0.15) is 0 Å². The lowest BCUT2D eigenvalue weighted by molar-refractivity contribution is -0.135. The van der Waals surface area contributed by atoms with Crippen LogP contribution in [0.3, 0.4) is 0 Å². The molecule has 128 valence electrons. The van der Waals surface area contributed by atoms with Gasteiger partial charge in [-0.15, -0.1) is 11.3 Å². The Balaban J connectivity index is 1.58. The van der Waals surface area contributed by atoms with Gasteiger partial charge in [-0.3, -0.25) is 4.79 Å². The van der Waals surface area contributed by atoms with Crippen molar-refractivity contribution in [1.29, 1.82) is 0 Å². The molecule has 1 amide bonds. The van der Waals surface area contributed by atoms with Crippen molar-refractivity contribution in [3.05, 3.63) is 45.9 Å². The van der Waals surface area contributed by atoms with Crippen molar-refractivity contribution in [3.63, 3.8) is 0 Å². The van der Waals surface area contributed by atoms with E-state index in [1.54, 1.807) is 11.3 Å². The van der Waals surface area contributed by atoms with Gasteiger partial charge in [-0.25, -0.2) is 4.98 Å². The predicted molar refractivity (Wildman–Crippen MR) is 96.0 cm³/mol. The molecule has 4 nitrogen and oxygen atoms in total. The number of amides is 1. The molecule has 1 aliphatic rings. The number of thiazole rings is 1. The molecule has 2 aromatic rings. The van der Waals surface area contributed by atoms with Gasteiger partial charge in [0.1, 0.15) is 17.4 Å². The third-order valence-electron chi connectivity index (χ3n) is 4.08. The minimum atomic E-state index is 0.0357. The summed E-state index contributed by atoms with van der Waals surface area (Å²) in [6.45, 7) is 7.05. The van der Waals surface area contributed by atoms with Crippen molar-refractivity contribution in [3.8, 4) is 5.75 Å². The summed E-state index contributed by atoms with van der Waals surface area (Å²) >= 11 is 1.59. The van der Waals surface area contributed by atoms with E-state index in [0.717, 1.165) is 29.3 Å². The molecule has 0 spiro atoms. The molecule has 1 fully saturated rings. The number of carbonyl (C=O) groups excluding carboxylic acids is 1. The molecular weight excluding hydrogens is 320 g/mol. The predicted octanol–water partition coefficient (Wildman–Crippen LogP) is 4.18. The van der Waals surface area contributed by atoms with E-state index in [9.17, 15) is 4.79 Å². The van der Waals surface area contributed by atoms with Gasteiger partial charge in [0.05, 0.1) is 12.2 Å². The van der Waals surface area contributed by atoms with Crippen molar-refractivity contribution in [2.45, 2.75) is 52.8 Å². The van der Waals surface area contributed by atoms with Crippen LogP contribution in [0.1, 0.15) is 43.0 Å². The quantitative estimate of drug-likeness (QED) is 0.757. The number of ether oxygens (including phenoxy) is 1. The van der Waals surface area contributed by atoms with Crippen LogP contribution in [0.2, 0.25) is 0 Å². The number of aryl methyl sites for hydroxylation is 1. The molecule has 0 aliphatic heterocycles. The largest absolute Gasteiger partial charge is 0.486 e. The molecule has 1 aromatic heterocycles. The van der Waals surface area contributed by atoms with Gasteiger partial charge in [-0.05, 0) is 31.9 Å². The zero-order valence-corrected chi connectivity index (χ0v) is 15.3. The highest BCUT2D eigenvalue weighted by molar-refractivity contribution is 7.09. The Morgan fingerprint density at radius 1 is 1.33 bits per heavy atom. The fraction of sp³-hybridized carbons (Fsp3) is 0.474. The summed E-state index contributed by atoms with van der Waals surface area (Å²) in [5.41, 5.74) is 2.18. The smallest absolute Gasteiger partial charge is 0.225 e. The highest BCUT2D eigenvalue weighted by Gasteiger charge is 2.33. The van der Waals surface area contributed by atoms with Crippen molar-refractivity contribution in [2.75, 3.05) is 0 Å². The summed E-state index contributed by atoms with van der Waals surface area (Å²) in [5, 5.41) is 2.98. The fourth-order valence-corrected chi connectivity index (χ4v) is 3.24. The third kappa shape index (κ3) is 4.35. The highest BCUT2D eigenvalue weighted by Crippen LogP contribution is 2.30. The molecule has 1 heterocycles. The molecule has 1 aromatic carbocycles. The molecule has 3 rings (SSSR count). The topological polar surface area (TPSA) is 42.4 Å². The first kappa shape index (κ1) is 17.0. The van der Waals surface area contributed by atoms with E-state index < -0.39 is 0 Å². The van der Waals surface area contributed by atoms with Gasteiger partial charge in [0.15, 0.2) is 0 Å². The Bertz CT molecular complexity index is 690. The minimum absolute atomic E-state index is 0.0357. The maximum atomic E-state index is 12.4. The van der Waals surface area contributed by atoms with E-state index in [1.165, 1.54) is 5.56 Å². The Labute approximate surface area is 147 Å². The van der Waals surface area contributed by atoms with Gasteiger partial charge < -0.3 is 9.64 Å². The van der Waals surface area contributed by atoms with Crippen molar-refractivity contribution >= 4 is 17.2 Å². The Hall–Kier alpha value is -1.88. The van der Waals surface area contributed by atoms with Gasteiger partial charge in [0, 0.05) is 17.3 Å². The second kappa shape index (κ2) is 7.34. The summed E-state index contributed by atoms with van der Waals surface area (Å²) in [4.78, 5) is 19.0. The summed E-state index contributed by atoms with van der Waals surface area (Å²) in [7, 11) is 0. The monoisotopic (exact) mass is 344 g/mol. The van der Waals surface area contributed by atoms with E-state index in [1.807, 2.05) is 48.4 Å². The van der Waals surface area contributed by atoms with E-state index in [-0.39, 0.29) is 11.8 Å². The average Bonchev–Trinajstić information content (AvgIpc) is 3.31. The SMILES string of the molecule is Cc1ccc(OCc2nc(CN(C(=O)C(C)C)C3CC3)cs2)cc1. The van der Waals surface area contributed by atoms with E-state index in [2.05, 4.69) is 11.9 Å². The van der Waals surface area contributed by atoms with Crippen LogP contribution in [0, 0.1) is 12.8 Å². The highest BCUT2D eigenvalue weighted by atomic mass is 32.1. The lowest BCUT2D eigenvalue weighted by Gasteiger charge is -2.23. The van der Waals surface area contributed by atoms with Gasteiger partial charge >= 0.3 is 0 Å². The van der Waals surface area contributed by atoms with Crippen LogP contribution >= 0.6 is 11.3 Å². The molecular formula is C19H24N2O2S. The molecule has 0 N–H and O–H groups in total. The summed E-state index contributed by atoms with van der Waals surface area (Å²) in [5.74, 6) is 1.11. The van der Waals surface area contributed by atoms with Gasteiger partial charge in [-0.1, -0.05) is 31.5 Å². The van der Waals surface area contributed by atoms with Crippen LogP contribution in [-0.2, 0) is 17.9 Å². The zero-order chi connectivity index (χ0) is 17.1. The zero-order valence-electron chi connectivity index (χ0n) is 14.5. The molecule has 0 bridgehead atoms. The lowest BCUT2D eigenvalue weighted by atomic mass is 10.2. The number of aromatic nitrogens is 1. The summed E-state index contributed by atoms with van der Waals surface area (Å²) in [6.07, 6.45) is 2.23. The first-order chi connectivity index (χ1) is 11.5. The average molecular weight is 344 g/mol. The summed E-state index contributed by atoms with van der Waals surface area (Å²) < 4.78 is 5.78. The maximum Gasteiger partial charge on any atom is 0.225 e. The molecule has 0 saturated heterocycles. The lowest BCUT2D eigenvalue weighted by Crippen LogP contribution is -2.35. The Morgan fingerprint density at radius 3 is 2.67 bits per heavy atom. The number of nitrogens with zero attached hydrogens (tertiary/aromatic N) is 2. The van der Waals surface area contributed by atoms with Gasteiger partial charge in [0.25, 0.3) is 0 Å². The number of hydrogen-bond donors (Lipinski definition) is 0. The van der Waals surface area contributed by atoms with Crippen LogP contribution in [0.4, 0.5) is 0 Å². The first-order valence-corrected chi connectivity index (χ1v) is 9.34. The van der Waals surface area contributed by atoms with Crippen LogP contribution in [-0.4, -0.2) is 21.8 Å². The van der Waals surface area contributed by atoms with E-state index in [4.69, 9.17) is 4.74 Å². The summed E-state index contributed by atoms with van der Waals surface area (Å²) in [6, 6.07) is 8.43. The van der Waals surface area contributed by atoms with Crippen LogP contribution in [0.15, 0.2) is 29.6 Å². The second-order valence-electron chi connectivity index (χ2n) is 6.69. The molecule has 1 saturated carbocycles. The number of carbonyl (C=O) groups is 1. The molecule has 0 radical (unpaired) electrons. The number of rotatable bonds is 7. The third-order valence-corrected chi connectivity index (χ3v) is 4.95. The number of hydrogen-bond acceptors (Lipinski definition) is 4. The van der Waals surface area contributed by atoms with E-state index in [0.29, 0.717) is 19.2 Å². The van der Waals surface area contributed by atoms with E-state index >= 15 is 0 Å². The van der Waals surface area contributed by atoms with Crippen LogP contribution in [0.25, 0.3) is 0 Å². The second-order valence-corrected chi connectivity index (χ2v) is 7.63. The van der Waals surface area contributed by atoms with Crippen molar-refractivity contribution in [2.24, 2.45) is 5.92 Å². The fourth-order valence-electron chi connectivity index (χ4n) is 2.55. The van der Waals surface area contributed by atoms with Crippen molar-refractivity contribution in [1.82, 2.24) is 9.88 Å². The molecule has 1 aliphatic carbocycles. The molecule has 24 heavy (non-hydrogen) atoms. The van der Waals surface area contributed by atoms with Crippen LogP contribution < -0.4 is 4.74 Å². The maximum absolute atomic E-state index is 12.4. The molecule has 0 unspecified atom stereocenters. The van der Waals surface area contributed by atoms with Crippen LogP contribution in [0.5, 0.6) is 5.75 Å². The molecule has 0 atom stereocenters. The first-order valence-electron chi connectivity index (χ1n) is 8.46. The Morgan fingerprint density at radius 2 is 2.04 bits per heavy atom. The van der Waals surface area contributed by atoms with Gasteiger partial charge in [0.2, 0.25) is 5.91 Å². The minimum Gasteiger partial charge on any atom is -0.486 e. The standard InChI is InChI=1S/C19H24N2O2S/c1-13(2)19(22)21(16-6-7-16)10-15-12-24-18(20-15)11-23-17-8-4-14(3)5-9-17/h4-5,8-9,12-13,16H,6-7,10-11H2,1-3H3. The Kier molecular flexibility index (Phi) is 5.19. The number of benzene rings is 1. The molecule has 5 heteroatoms.